The Labute approximate surface area is 186 Å². The van der Waals surface area contributed by atoms with E-state index in [2.05, 4.69) is 35.9 Å². The zero-order valence-corrected chi connectivity index (χ0v) is 19.0. The van der Waals surface area contributed by atoms with Crippen molar-refractivity contribution in [3.8, 4) is 0 Å². The van der Waals surface area contributed by atoms with Gasteiger partial charge in [-0.3, -0.25) is 10.1 Å². The Balaban J connectivity index is 2.16. The second-order valence-electron chi connectivity index (χ2n) is 5.75. The molecule has 10 nitrogen and oxygen atoms in total. The van der Waals surface area contributed by atoms with E-state index in [1.165, 1.54) is 35.8 Å². The first-order valence-electron chi connectivity index (χ1n) is 8.73. The number of benzene rings is 1. The number of rotatable bonds is 9. The van der Waals surface area contributed by atoms with Crippen molar-refractivity contribution in [1.82, 2.24) is 14.7 Å². The van der Waals surface area contributed by atoms with Gasteiger partial charge in [-0.25, -0.2) is 18.7 Å². The molecule has 0 aliphatic carbocycles. The van der Waals surface area contributed by atoms with Crippen LogP contribution in [0.2, 0.25) is 5.28 Å². The molecule has 1 aromatic heterocycles. The highest BCUT2D eigenvalue weighted by atomic mass is 79.9. The summed E-state index contributed by atoms with van der Waals surface area (Å²) in [6.45, 7) is 2.17. The molecule has 1 amide bonds. The van der Waals surface area contributed by atoms with Crippen molar-refractivity contribution < 1.29 is 18.7 Å². The van der Waals surface area contributed by atoms with Crippen LogP contribution in [0.3, 0.4) is 0 Å². The van der Waals surface area contributed by atoms with E-state index in [-0.39, 0.29) is 22.5 Å². The summed E-state index contributed by atoms with van der Waals surface area (Å²) in [4.78, 5) is 30.3. The van der Waals surface area contributed by atoms with Crippen LogP contribution < -0.4 is 10.0 Å². The van der Waals surface area contributed by atoms with Gasteiger partial charge in [-0.2, -0.15) is 4.98 Å². The number of amides is 1. The van der Waals surface area contributed by atoms with E-state index in [9.17, 15) is 19.1 Å². The molecule has 0 fully saturated rings. The predicted molar refractivity (Wildman–Crippen MR) is 118 cm³/mol. The fourth-order valence-electron chi connectivity index (χ4n) is 2.29. The van der Waals surface area contributed by atoms with E-state index in [4.69, 9.17) is 16.3 Å². The summed E-state index contributed by atoms with van der Waals surface area (Å²) in [5.41, 5.74) is -0.230. The molecule has 0 spiro atoms. The Hall–Kier alpha value is -2.44. The van der Waals surface area contributed by atoms with Crippen LogP contribution in [0.1, 0.15) is 19.8 Å². The summed E-state index contributed by atoms with van der Waals surface area (Å²) in [5, 5.41) is 15.6. The molecule has 2 aromatic rings. The van der Waals surface area contributed by atoms with Gasteiger partial charge in [0.2, 0.25) is 5.28 Å². The molecule has 2 rings (SSSR count). The maximum Gasteiger partial charge on any atom is 0.418 e. The zero-order valence-electron chi connectivity index (χ0n) is 15.8. The molecule has 2 N–H and O–H groups in total. The molecule has 0 aliphatic rings. The third kappa shape index (κ3) is 6.82. The largest absolute Gasteiger partial charge is 0.449 e. The molecule has 0 saturated heterocycles. The molecule has 0 bridgehead atoms. The summed E-state index contributed by atoms with van der Waals surface area (Å²) in [6, 6.07) is 5.31. The first-order chi connectivity index (χ1) is 14.2. The summed E-state index contributed by atoms with van der Waals surface area (Å²) in [7, 11) is -3.24. The number of nitro benzene ring substituents is 1. The van der Waals surface area contributed by atoms with E-state index >= 15 is 0 Å². The van der Waals surface area contributed by atoms with Crippen LogP contribution >= 0.6 is 27.5 Å². The molecule has 1 unspecified atom stereocenters. The fourth-order valence-corrected chi connectivity index (χ4v) is 4.53. The number of carbonyl (C=O) groups excluding carboxylic acids is 1. The Morgan fingerprint density at radius 3 is 2.93 bits per heavy atom. The van der Waals surface area contributed by atoms with Gasteiger partial charge in [-0.05, 0) is 58.7 Å². The molecule has 30 heavy (non-hydrogen) atoms. The highest BCUT2D eigenvalue weighted by Crippen LogP contribution is 2.20. The van der Waals surface area contributed by atoms with E-state index in [0.717, 1.165) is 0 Å². The molecule has 0 aliphatic heterocycles. The fraction of sp³-hybridized carbons (Fsp3) is 0.294. The number of aromatic nitrogens is 2. The van der Waals surface area contributed by atoms with Crippen molar-refractivity contribution in [2.75, 3.05) is 18.5 Å². The van der Waals surface area contributed by atoms with Crippen LogP contribution in [0.4, 0.5) is 16.3 Å². The van der Waals surface area contributed by atoms with Crippen molar-refractivity contribution >= 4 is 60.2 Å². The van der Waals surface area contributed by atoms with E-state index < -0.39 is 20.7 Å². The average molecular weight is 521 g/mol. The number of nitrogens with zero attached hydrogens (tertiary/aromatic N) is 3. The van der Waals surface area contributed by atoms with E-state index in [1.54, 1.807) is 6.92 Å². The van der Waals surface area contributed by atoms with Gasteiger partial charge in [0.05, 0.1) is 30.6 Å². The maximum atomic E-state index is 13.4. The molecular weight excluding hydrogens is 502 g/mol. The van der Waals surface area contributed by atoms with Crippen LogP contribution in [-0.2, 0) is 14.4 Å². The Morgan fingerprint density at radius 2 is 2.23 bits per heavy atom. The second-order valence-corrected chi connectivity index (χ2v) is 9.15. The number of hydrogen-bond donors (Lipinski definition) is 2. The minimum absolute atomic E-state index is 0.0938. The van der Waals surface area contributed by atoms with Crippen molar-refractivity contribution in [2.45, 2.75) is 24.7 Å². The Bertz CT molecular complexity index is 1040. The Morgan fingerprint density at radius 1 is 1.47 bits per heavy atom. The number of hydrogen-bond acceptors (Lipinski definition) is 8. The van der Waals surface area contributed by atoms with Crippen molar-refractivity contribution in [2.24, 2.45) is 0 Å². The van der Waals surface area contributed by atoms with Gasteiger partial charge in [-0.15, -0.1) is 0 Å². The number of anilines is 1. The van der Waals surface area contributed by atoms with Gasteiger partial charge in [0.25, 0.3) is 5.69 Å². The van der Waals surface area contributed by atoms with Crippen LogP contribution in [0.15, 0.2) is 39.8 Å². The van der Waals surface area contributed by atoms with Gasteiger partial charge in [0, 0.05) is 24.9 Å². The standard InChI is InChI=1S/C17H19BrClN5O5S/c1-2-29-17(25)23-30(28,13-7-5-6-12(10-13)24(26)27)9-4-3-8-20-15-14(18)11-21-16(19)22-15/h5-7,9-11H,2-4,8H2,1H3,(H,20,21,22)(H,23,25,28). The van der Waals surface area contributed by atoms with Gasteiger partial charge in [0.15, 0.2) is 0 Å². The van der Waals surface area contributed by atoms with Gasteiger partial charge in [0.1, 0.15) is 5.82 Å². The summed E-state index contributed by atoms with van der Waals surface area (Å²) in [6.07, 6.45) is 1.51. The lowest BCUT2D eigenvalue weighted by molar-refractivity contribution is -0.385. The summed E-state index contributed by atoms with van der Waals surface area (Å²) in [5.74, 6) is 0.513. The SMILES string of the molecule is CCOC(=O)NS(=O)(=CCCCNc1nc(Cl)ncc1Br)c1cccc([N+](=O)[O-])c1. The Kier molecular flexibility index (Phi) is 8.81. The average Bonchev–Trinajstić information content (AvgIpc) is 2.70. The second kappa shape index (κ2) is 11.1. The predicted octanol–water partition coefficient (Wildman–Crippen LogP) is 3.80. The van der Waals surface area contributed by atoms with Gasteiger partial charge >= 0.3 is 6.09 Å². The lowest BCUT2D eigenvalue weighted by Gasteiger charge is -2.13. The third-order valence-electron chi connectivity index (χ3n) is 3.63. The minimum Gasteiger partial charge on any atom is -0.449 e. The number of ether oxygens (including phenoxy) is 1. The zero-order chi connectivity index (χ0) is 22.1. The summed E-state index contributed by atoms with van der Waals surface area (Å²) < 4.78 is 21.2. The van der Waals surface area contributed by atoms with Crippen LogP contribution in [0, 0.1) is 10.1 Å². The number of nitro groups is 1. The van der Waals surface area contributed by atoms with Gasteiger partial charge < -0.3 is 10.1 Å². The first kappa shape index (κ1) is 23.8. The molecule has 1 atom stereocenters. The topological polar surface area (TPSA) is 136 Å². The van der Waals surface area contributed by atoms with Crippen molar-refractivity contribution in [3.63, 3.8) is 0 Å². The summed E-state index contributed by atoms with van der Waals surface area (Å²) >= 11 is 9.07. The van der Waals surface area contributed by atoms with Crippen LogP contribution in [0.25, 0.3) is 0 Å². The molecular formula is C17H19BrClN5O5S. The normalized spacial score (nSPS) is 12.5. The highest BCUT2D eigenvalue weighted by molar-refractivity contribution is 9.10. The third-order valence-corrected chi connectivity index (χ3v) is 6.52. The minimum atomic E-state index is -3.24. The molecule has 0 radical (unpaired) electrons. The van der Waals surface area contributed by atoms with Crippen LogP contribution in [0.5, 0.6) is 0 Å². The van der Waals surface area contributed by atoms with Crippen molar-refractivity contribution in [3.05, 3.63) is 50.3 Å². The number of non-ortho nitro benzene ring substituents is 1. The quantitative estimate of drug-likeness (QED) is 0.167. The molecule has 0 saturated carbocycles. The van der Waals surface area contributed by atoms with Crippen LogP contribution in [-0.4, -0.2) is 43.7 Å². The lowest BCUT2D eigenvalue weighted by atomic mass is 10.3. The smallest absolute Gasteiger partial charge is 0.418 e. The number of unbranched alkanes of at least 4 members (excludes halogenated alkanes) is 1. The first-order valence-corrected chi connectivity index (χ1v) is 11.5. The molecule has 1 heterocycles. The maximum absolute atomic E-state index is 13.4. The monoisotopic (exact) mass is 519 g/mol. The molecule has 1 aromatic carbocycles. The van der Waals surface area contributed by atoms with Gasteiger partial charge in [-0.1, -0.05) is 6.07 Å². The highest BCUT2D eigenvalue weighted by Gasteiger charge is 2.18. The lowest BCUT2D eigenvalue weighted by Crippen LogP contribution is -2.32. The van der Waals surface area contributed by atoms with Crippen molar-refractivity contribution in [1.29, 1.82) is 0 Å². The number of halogens is 2. The molecule has 13 heteroatoms. The molecule has 162 valence electrons. The van der Waals surface area contributed by atoms with E-state index in [1.807, 2.05) is 0 Å². The van der Waals surface area contributed by atoms with E-state index in [0.29, 0.717) is 29.7 Å². The number of carbonyl (C=O) groups is 1. The number of nitrogens with one attached hydrogen (secondary N) is 2.